The number of rotatable bonds is 6. The molecule has 2 aromatic carbocycles. The van der Waals surface area contributed by atoms with E-state index in [2.05, 4.69) is 93.0 Å². The summed E-state index contributed by atoms with van der Waals surface area (Å²) in [5, 5.41) is 24.6. The maximum atomic E-state index is 4.68. The van der Waals surface area contributed by atoms with E-state index in [0.29, 0.717) is 11.4 Å². The smallest absolute Gasteiger partial charge is 0.178 e. The molecule has 0 radical (unpaired) electrons. The number of benzene rings is 2. The summed E-state index contributed by atoms with van der Waals surface area (Å²) in [5.74, 6) is 1.44. The molecule has 0 saturated carbocycles. The molecule has 2 aromatic heterocycles. The summed E-state index contributed by atoms with van der Waals surface area (Å²) < 4.78 is 0. The van der Waals surface area contributed by atoms with E-state index in [9.17, 15) is 0 Å². The van der Waals surface area contributed by atoms with Crippen molar-refractivity contribution in [3.05, 3.63) is 59.7 Å². The number of aromatic amines is 2. The van der Waals surface area contributed by atoms with Gasteiger partial charge in [-0.1, -0.05) is 59.7 Å². The fourth-order valence-electron chi connectivity index (χ4n) is 3.41. The maximum Gasteiger partial charge on any atom is 0.178 e. The molecule has 0 aliphatic heterocycles. The van der Waals surface area contributed by atoms with Gasteiger partial charge in [-0.05, 0) is 13.8 Å². The third-order valence-electron chi connectivity index (χ3n) is 5.22. The van der Waals surface area contributed by atoms with Crippen LogP contribution in [0.1, 0.15) is 11.1 Å². The van der Waals surface area contributed by atoms with Gasteiger partial charge in [-0.25, -0.2) is 0 Å². The average Bonchev–Trinajstić information content (AvgIpc) is 3.38. The summed E-state index contributed by atoms with van der Waals surface area (Å²) in [6, 6.07) is 16.5. The Hall–Kier alpha value is -3.94. The monoisotopic (exact) mass is 428 g/mol. The quantitative estimate of drug-likeness (QED) is 0.390. The highest BCUT2D eigenvalue weighted by atomic mass is 15.3. The largest absolute Gasteiger partial charge is 0.359 e. The number of hydrogen-bond acceptors (Lipinski definition) is 6. The predicted molar refractivity (Wildman–Crippen MR) is 130 cm³/mol. The predicted octanol–water partition coefficient (Wildman–Crippen LogP) is 5.63. The molecule has 8 nitrogen and oxygen atoms in total. The maximum absolute atomic E-state index is 4.68. The van der Waals surface area contributed by atoms with Crippen molar-refractivity contribution in [3.63, 3.8) is 0 Å². The lowest BCUT2D eigenvalue weighted by Gasteiger charge is -2.10. The standard InChI is InChI=1S/C24H28N8/c1-15-7-11-17(12-8-15)19-21(23(29-25-19)31(3)4)27-28-22-20(26-30-24(22)32(5)6)18-13-9-16(2)10-14-18/h7-14H,1-6H3,(H,25,29)(H,26,30). The van der Waals surface area contributed by atoms with Crippen molar-refractivity contribution in [1.82, 2.24) is 20.4 Å². The van der Waals surface area contributed by atoms with Crippen molar-refractivity contribution >= 4 is 23.0 Å². The highest BCUT2D eigenvalue weighted by molar-refractivity contribution is 5.83. The topological polar surface area (TPSA) is 88.6 Å². The molecule has 0 bridgehead atoms. The fourth-order valence-corrected chi connectivity index (χ4v) is 3.41. The molecule has 8 heteroatoms. The van der Waals surface area contributed by atoms with Crippen molar-refractivity contribution in [2.24, 2.45) is 10.2 Å². The Morgan fingerprint density at radius 1 is 0.594 bits per heavy atom. The van der Waals surface area contributed by atoms with Crippen molar-refractivity contribution in [2.45, 2.75) is 13.8 Å². The van der Waals surface area contributed by atoms with Crippen LogP contribution in [0, 0.1) is 13.8 Å². The summed E-state index contributed by atoms with van der Waals surface area (Å²) >= 11 is 0. The zero-order valence-corrected chi connectivity index (χ0v) is 19.3. The molecule has 0 amide bonds. The molecule has 0 aliphatic rings. The van der Waals surface area contributed by atoms with E-state index in [-0.39, 0.29) is 0 Å². The summed E-state index contributed by atoms with van der Waals surface area (Å²) in [5.41, 5.74) is 7.41. The van der Waals surface area contributed by atoms with Crippen molar-refractivity contribution in [3.8, 4) is 22.5 Å². The summed E-state index contributed by atoms with van der Waals surface area (Å²) in [7, 11) is 7.76. The van der Waals surface area contributed by atoms with Crippen LogP contribution in [0.5, 0.6) is 0 Å². The third-order valence-corrected chi connectivity index (χ3v) is 5.22. The molecule has 0 fully saturated rings. The van der Waals surface area contributed by atoms with Crippen LogP contribution in [-0.4, -0.2) is 48.6 Å². The molecule has 0 aliphatic carbocycles. The van der Waals surface area contributed by atoms with Crippen LogP contribution < -0.4 is 9.80 Å². The second kappa shape index (κ2) is 8.66. The van der Waals surface area contributed by atoms with Gasteiger partial charge in [0.1, 0.15) is 0 Å². The molecule has 32 heavy (non-hydrogen) atoms. The van der Waals surface area contributed by atoms with E-state index < -0.39 is 0 Å². The third kappa shape index (κ3) is 4.12. The number of H-pyrrole nitrogens is 2. The number of nitrogens with zero attached hydrogens (tertiary/aromatic N) is 6. The summed E-state index contributed by atoms with van der Waals surface area (Å²) in [6.07, 6.45) is 0. The number of anilines is 2. The molecular formula is C24H28N8. The minimum Gasteiger partial charge on any atom is -0.359 e. The zero-order valence-electron chi connectivity index (χ0n) is 19.3. The van der Waals surface area contributed by atoms with Crippen LogP contribution >= 0.6 is 0 Å². The summed E-state index contributed by atoms with van der Waals surface area (Å²) in [4.78, 5) is 3.84. The first-order chi connectivity index (χ1) is 15.3. The Morgan fingerprint density at radius 3 is 1.25 bits per heavy atom. The van der Waals surface area contributed by atoms with Crippen LogP contribution in [0.2, 0.25) is 0 Å². The van der Waals surface area contributed by atoms with Crippen molar-refractivity contribution in [1.29, 1.82) is 0 Å². The second-order valence-electron chi connectivity index (χ2n) is 8.26. The molecule has 2 heterocycles. The Bertz CT molecular complexity index is 1130. The molecular weight excluding hydrogens is 400 g/mol. The lowest BCUT2D eigenvalue weighted by molar-refractivity contribution is 1.01. The molecule has 0 spiro atoms. The average molecular weight is 429 g/mol. The SMILES string of the molecule is Cc1ccc(-c2[nH]nc(N(C)C)c2N=Nc2c(N(C)C)n[nH]c2-c2ccc(C)cc2)cc1. The van der Waals surface area contributed by atoms with Gasteiger partial charge < -0.3 is 9.80 Å². The van der Waals surface area contributed by atoms with Crippen molar-refractivity contribution < 1.29 is 0 Å². The first kappa shape index (κ1) is 21.3. The van der Waals surface area contributed by atoms with Crippen LogP contribution in [0.15, 0.2) is 58.8 Å². The van der Waals surface area contributed by atoms with Crippen LogP contribution in [0.25, 0.3) is 22.5 Å². The van der Waals surface area contributed by atoms with Crippen LogP contribution in [-0.2, 0) is 0 Å². The lowest BCUT2D eigenvalue weighted by atomic mass is 10.1. The fraction of sp³-hybridized carbons (Fsp3) is 0.250. The van der Waals surface area contributed by atoms with E-state index >= 15 is 0 Å². The van der Waals surface area contributed by atoms with Crippen LogP contribution in [0.3, 0.4) is 0 Å². The number of azo groups is 1. The van der Waals surface area contributed by atoms with E-state index in [1.807, 2.05) is 38.0 Å². The molecule has 0 atom stereocenters. The highest BCUT2D eigenvalue weighted by Crippen LogP contribution is 2.41. The zero-order chi connectivity index (χ0) is 22.8. The van der Waals surface area contributed by atoms with Gasteiger partial charge >= 0.3 is 0 Å². The number of aromatic nitrogens is 4. The molecule has 2 N–H and O–H groups in total. The van der Waals surface area contributed by atoms with Crippen LogP contribution in [0.4, 0.5) is 23.0 Å². The van der Waals surface area contributed by atoms with E-state index in [1.54, 1.807) is 0 Å². The Labute approximate surface area is 188 Å². The van der Waals surface area contributed by atoms with Crippen molar-refractivity contribution in [2.75, 3.05) is 38.0 Å². The van der Waals surface area contributed by atoms with E-state index in [0.717, 1.165) is 34.2 Å². The lowest BCUT2D eigenvalue weighted by Crippen LogP contribution is -2.09. The van der Waals surface area contributed by atoms with E-state index in [4.69, 9.17) is 0 Å². The highest BCUT2D eigenvalue weighted by Gasteiger charge is 2.19. The Morgan fingerprint density at radius 2 is 0.938 bits per heavy atom. The molecule has 4 aromatic rings. The minimum atomic E-state index is 0.680. The first-order valence-electron chi connectivity index (χ1n) is 10.4. The Kier molecular flexibility index (Phi) is 5.77. The van der Waals surface area contributed by atoms with Gasteiger partial charge in [0.2, 0.25) is 0 Å². The second-order valence-corrected chi connectivity index (χ2v) is 8.26. The molecule has 0 unspecified atom stereocenters. The van der Waals surface area contributed by atoms with Gasteiger partial charge in [0.05, 0.1) is 11.4 Å². The van der Waals surface area contributed by atoms with Gasteiger partial charge in [-0.3, -0.25) is 10.2 Å². The number of aryl methyl sites for hydroxylation is 2. The van der Waals surface area contributed by atoms with Gasteiger partial charge in [0.25, 0.3) is 0 Å². The van der Waals surface area contributed by atoms with Gasteiger partial charge in [0.15, 0.2) is 23.0 Å². The Balaban J connectivity index is 1.83. The number of nitrogens with one attached hydrogen (secondary N) is 2. The molecule has 0 saturated heterocycles. The van der Waals surface area contributed by atoms with Gasteiger partial charge in [-0.15, -0.1) is 10.2 Å². The molecule has 164 valence electrons. The number of hydrogen-bond donors (Lipinski definition) is 2. The van der Waals surface area contributed by atoms with Gasteiger partial charge in [-0.2, -0.15) is 10.2 Å². The minimum absolute atomic E-state index is 0.680. The molecule has 4 rings (SSSR count). The van der Waals surface area contributed by atoms with Gasteiger partial charge in [0, 0.05) is 39.3 Å². The summed E-state index contributed by atoms with van der Waals surface area (Å²) in [6.45, 7) is 4.13. The normalized spacial score (nSPS) is 11.3. The first-order valence-corrected chi connectivity index (χ1v) is 10.4. The van der Waals surface area contributed by atoms with E-state index in [1.165, 1.54) is 11.1 Å².